The fourth-order valence-corrected chi connectivity index (χ4v) is 3.66. The molecule has 0 radical (unpaired) electrons. The monoisotopic (exact) mass is 295 g/mol. The Morgan fingerprint density at radius 1 is 1.43 bits per heavy atom. The predicted octanol–water partition coefficient (Wildman–Crippen LogP) is 4.55. The van der Waals surface area contributed by atoms with Gasteiger partial charge < -0.3 is 0 Å². The first-order valence-electron chi connectivity index (χ1n) is 8.07. The zero-order chi connectivity index (χ0) is 16.2. The lowest BCUT2D eigenvalue weighted by Crippen LogP contribution is -2.32. The fourth-order valence-electron chi connectivity index (χ4n) is 3.66. The number of ketones is 1. The molecule has 0 aliphatic heterocycles. The van der Waals surface area contributed by atoms with Gasteiger partial charge >= 0.3 is 0 Å². The highest BCUT2D eigenvalue weighted by molar-refractivity contribution is 5.97. The van der Waals surface area contributed by atoms with Crippen molar-refractivity contribution in [2.45, 2.75) is 79.2 Å². The average molecular weight is 295 g/mol. The van der Waals surface area contributed by atoms with Crippen LogP contribution in [-0.2, 0) is 4.79 Å². The van der Waals surface area contributed by atoms with E-state index in [2.05, 4.69) is 13.8 Å². The average Bonchev–Trinajstić information content (AvgIpc) is 2.33. The van der Waals surface area contributed by atoms with E-state index < -0.39 is 6.04 Å². The molecule has 2 atom stereocenters. The molecule has 4 nitrogen and oxygen atoms in total. The van der Waals surface area contributed by atoms with E-state index in [1.807, 2.05) is 20.8 Å². The van der Waals surface area contributed by atoms with Crippen molar-refractivity contribution in [3.05, 3.63) is 21.3 Å². The second-order valence-electron chi connectivity index (χ2n) is 7.14. The summed E-state index contributed by atoms with van der Waals surface area (Å²) in [4.78, 5) is 23.6. The van der Waals surface area contributed by atoms with Crippen LogP contribution in [0.25, 0.3) is 0 Å². The van der Waals surface area contributed by atoms with Crippen molar-refractivity contribution in [2.75, 3.05) is 0 Å². The summed E-state index contributed by atoms with van der Waals surface area (Å²) in [6, 6.07) is -0.605. The highest BCUT2D eigenvalue weighted by atomic mass is 16.6. The Balaban J connectivity index is 2.86. The lowest BCUT2D eigenvalue weighted by Gasteiger charge is -2.34. The zero-order valence-electron chi connectivity index (χ0n) is 14.1. The molecule has 0 N–H and O–H groups in total. The lowest BCUT2D eigenvalue weighted by molar-refractivity contribution is -0.532. The first kappa shape index (κ1) is 17.9. The molecular weight excluding hydrogens is 266 g/mol. The highest BCUT2D eigenvalue weighted by Crippen LogP contribution is 2.41. The normalized spacial score (nSPS) is 21.0. The molecule has 0 saturated heterocycles. The molecule has 0 amide bonds. The number of rotatable bonds is 7. The number of nitrogens with zero attached hydrogens (tertiary/aromatic N) is 1. The van der Waals surface area contributed by atoms with Crippen molar-refractivity contribution in [3.63, 3.8) is 0 Å². The molecule has 21 heavy (non-hydrogen) atoms. The van der Waals surface area contributed by atoms with E-state index in [1.165, 1.54) is 5.57 Å². The summed E-state index contributed by atoms with van der Waals surface area (Å²) < 4.78 is 0. The second kappa shape index (κ2) is 7.19. The first-order chi connectivity index (χ1) is 9.70. The van der Waals surface area contributed by atoms with E-state index in [9.17, 15) is 14.9 Å². The van der Waals surface area contributed by atoms with Gasteiger partial charge in [-0.3, -0.25) is 14.9 Å². The van der Waals surface area contributed by atoms with Gasteiger partial charge in [0, 0.05) is 23.7 Å². The number of hydrogen-bond donors (Lipinski definition) is 0. The molecular formula is C17H29NO3. The van der Waals surface area contributed by atoms with Gasteiger partial charge in [0.25, 0.3) is 0 Å². The molecule has 0 heterocycles. The van der Waals surface area contributed by atoms with Crippen LogP contribution in [0.1, 0.15) is 73.1 Å². The maximum Gasteiger partial charge on any atom is 0.216 e. The van der Waals surface area contributed by atoms with Crippen LogP contribution in [0.3, 0.4) is 0 Å². The smallest absolute Gasteiger partial charge is 0.216 e. The van der Waals surface area contributed by atoms with Crippen molar-refractivity contribution in [1.29, 1.82) is 0 Å². The van der Waals surface area contributed by atoms with Gasteiger partial charge in [-0.25, -0.2) is 0 Å². The van der Waals surface area contributed by atoms with Crippen molar-refractivity contribution in [1.82, 2.24) is 0 Å². The summed E-state index contributed by atoms with van der Waals surface area (Å²) in [6.07, 6.45) is 4.74. The van der Waals surface area contributed by atoms with E-state index in [1.54, 1.807) is 0 Å². The Morgan fingerprint density at radius 2 is 2.05 bits per heavy atom. The van der Waals surface area contributed by atoms with Gasteiger partial charge in [0.2, 0.25) is 6.04 Å². The lowest BCUT2D eigenvalue weighted by atomic mass is 9.70. The van der Waals surface area contributed by atoms with Gasteiger partial charge in [0.05, 0.1) is 0 Å². The summed E-state index contributed by atoms with van der Waals surface area (Å²) in [5, 5.41) is 11.2. The molecule has 0 saturated carbocycles. The third kappa shape index (κ3) is 4.39. The minimum absolute atomic E-state index is 0.0893. The van der Waals surface area contributed by atoms with Gasteiger partial charge in [-0.15, -0.1) is 0 Å². The number of allylic oxidation sites excluding steroid dienone is 2. The SMILES string of the molecule is CCCC(C(C)CC(=O)C1=C(C)CCCC1(C)C)[N+](=O)[O-]. The minimum atomic E-state index is -0.605. The molecule has 0 fully saturated rings. The van der Waals surface area contributed by atoms with Crippen LogP contribution in [0.5, 0.6) is 0 Å². The Morgan fingerprint density at radius 3 is 2.52 bits per heavy atom. The van der Waals surface area contributed by atoms with Gasteiger partial charge in [0.15, 0.2) is 5.78 Å². The van der Waals surface area contributed by atoms with Crippen LogP contribution < -0.4 is 0 Å². The highest BCUT2D eigenvalue weighted by Gasteiger charge is 2.36. The summed E-state index contributed by atoms with van der Waals surface area (Å²) >= 11 is 0. The Bertz CT molecular complexity index is 437. The number of carbonyl (C=O) groups excluding carboxylic acids is 1. The van der Waals surface area contributed by atoms with Crippen molar-refractivity contribution in [2.24, 2.45) is 11.3 Å². The molecule has 0 bridgehead atoms. The van der Waals surface area contributed by atoms with Crippen LogP contribution in [0.4, 0.5) is 0 Å². The molecule has 4 heteroatoms. The Labute approximate surface area is 128 Å². The van der Waals surface area contributed by atoms with Crippen LogP contribution in [0.15, 0.2) is 11.1 Å². The third-order valence-corrected chi connectivity index (χ3v) is 4.76. The quantitative estimate of drug-likeness (QED) is 0.511. The molecule has 1 rings (SSSR count). The minimum Gasteiger partial charge on any atom is -0.295 e. The number of nitro groups is 1. The molecule has 0 aromatic rings. The molecule has 0 aromatic heterocycles. The first-order valence-corrected chi connectivity index (χ1v) is 8.07. The van der Waals surface area contributed by atoms with Crippen molar-refractivity contribution in [3.8, 4) is 0 Å². The van der Waals surface area contributed by atoms with Crippen molar-refractivity contribution < 1.29 is 9.72 Å². The van der Waals surface area contributed by atoms with Gasteiger partial charge in [-0.2, -0.15) is 0 Å². The summed E-state index contributed by atoms with van der Waals surface area (Å²) in [5.41, 5.74) is 2.02. The molecule has 120 valence electrons. The van der Waals surface area contributed by atoms with Crippen LogP contribution >= 0.6 is 0 Å². The van der Waals surface area contributed by atoms with E-state index in [0.29, 0.717) is 12.8 Å². The number of Topliss-reactive ketones (excluding diaryl/α,β-unsaturated/α-hetero) is 1. The summed E-state index contributed by atoms with van der Waals surface area (Å²) in [7, 11) is 0. The van der Waals surface area contributed by atoms with Gasteiger partial charge in [0.1, 0.15) is 0 Å². The number of hydrogen-bond acceptors (Lipinski definition) is 3. The van der Waals surface area contributed by atoms with E-state index in [0.717, 1.165) is 31.3 Å². The predicted molar refractivity (Wildman–Crippen MR) is 84.8 cm³/mol. The molecule has 1 aliphatic carbocycles. The second-order valence-corrected chi connectivity index (χ2v) is 7.14. The third-order valence-electron chi connectivity index (χ3n) is 4.76. The fraction of sp³-hybridized carbons (Fsp3) is 0.824. The molecule has 2 unspecified atom stereocenters. The number of carbonyl (C=O) groups is 1. The molecule has 0 aromatic carbocycles. The van der Waals surface area contributed by atoms with Gasteiger partial charge in [-0.1, -0.05) is 33.3 Å². The maximum atomic E-state index is 12.7. The van der Waals surface area contributed by atoms with E-state index in [-0.39, 0.29) is 22.0 Å². The largest absolute Gasteiger partial charge is 0.295 e. The standard InChI is InChI=1S/C17H29NO3/c1-6-8-14(18(20)21)13(3)11-15(19)16-12(2)9-7-10-17(16,4)5/h13-14H,6-11H2,1-5H3. The molecule has 0 spiro atoms. The van der Waals surface area contributed by atoms with Crippen LogP contribution in [0, 0.1) is 21.4 Å². The van der Waals surface area contributed by atoms with Crippen molar-refractivity contribution >= 4 is 5.78 Å². The maximum absolute atomic E-state index is 12.7. The van der Waals surface area contributed by atoms with Gasteiger partial charge in [-0.05, 0) is 43.6 Å². The van der Waals surface area contributed by atoms with Crippen LogP contribution in [-0.4, -0.2) is 16.7 Å². The Hall–Kier alpha value is -1.19. The molecule has 1 aliphatic rings. The summed E-state index contributed by atoms with van der Waals surface area (Å²) in [6.45, 7) is 10.1. The van der Waals surface area contributed by atoms with Crippen LogP contribution in [0.2, 0.25) is 0 Å². The summed E-state index contributed by atoms with van der Waals surface area (Å²) in [5.74, 6) is -0.0851. The van der Waals surface area contributed by atoms with E-state index >= 15 is 0 Å². The Kier molecular flexibility index (Phi) is 6.11. The zero-order valence-corrected chi connectivity index (χ0v) is 14.1. The topological polar surface area (TPSA) is 60.2 Å². The van der Waals surface area contributed by atoms with E-state index in [4.69, 9.17) is 0 Å².